The molecule has 0 spiro atoms. The number of halogens is 1. The summed E-state index contributed by atoms with van der Waals surface area (Å²) in [6, 6.07) is 7.29. The molecule has 0 unspecified atom stereocenters. The highest BCUT2D eigenvalue weighted by molar-refractivity contribution is 7.13. The van der Waals surface area contributed by atoms with Crippen molar-refractivity contribution in [2.75, 3.05) is 0 Å². The number of thiophene rings is 1. The molecule has 2 aromatic rings. The van der Waals surface area contributed by atoms with Crippen molar-refractivity contribution in [3.05, 3.63) is 50.7 Å². The second-order valence-electron chi connectivity index (χ2n) is 4.73. The van der Waals surface area contributed by atoms with Gasteiger partial charge in [-0.25, -0.2) is 0 Å². The quantitative estimate of drug-likeness (QED) is 0.777. The molecule has 2 nitrogen and oxygen atoms in total. The molecule has 0 saturated heterocycles. The number of rotatable bonds is 4. The lowest BCUT2D eigenvalue weighted by atomic mass is 10.1. The van der Waals surface area contributed by atoms with Gasteiger partial charge in [0.2, 0.25) is 5.78 Å². The molecule has 1 aromatic heterocycles. The highest BCUT2D eigenvalue weighted by Crippen LogP contribution is 2.30. The molecule has 19 heavy (non-hydrogen) atoms. The standard InChI is InChI=1S/C15H13ClO2S/c1-9-8-19-15(13(9)16)14(17)10-2-4-11(5-3-10)18-12-6-7-12/h2-5,8,12H,6-7H2,1H3. The summed E-state index contributed by atoms with van der Waals surface area (Å²) in [5, 5.41) is 2.47. The number of ether oxygens (including phenoxy) is 1. The van der Waals surface area contributed by atoms with E-state index in [1.165, 1.54) is 11.3 Å². The molecule has 0 N–H and O–H groups in total. The van der Waals surface area contributed by atoms with Crippen LogP contribution in [0.2, 0.25) is 5.02 Å². The fraction of sp³-hybridized carbons (Fsp3) is 0.267. The normalized spacial score (nSPS) is 14.4. The van der Waals surface area contributed by atoms with Crippen LogP contribution in [0.1, 0.15) is 33.6 Å². The Labute approximate surface area is 121 Å². The van der Waals surface area contributed by atoms with Crippen molar-refractivity contribution in [2.45, 2.75) is 25.9 Å². The molecule has 4 heteroatoms. The lowest BCUT2D eigenvalue weighted by Gasteiger charge is -2.05. The molecular formula is C15H13ClO2S. The minimum Gasteiger partial charge on any atom is -0.490 e. The van der Waals surface area contributed by atoms with Gasteiger partial charge in [0.1, 0.15) is 5.75 Å². The Hall–Kier alpha value is -1.32. The highest BCUT2D eigenvalue weighted by Gasteiger charge is 2.23. The van der Waals surface area contributed by atoms with E-state index in [0.717, 1.165) is 24.2 Å². The van der Waals surface area contributed by atoms with Gasteiger partial charge in [0.05, 0.1) is 16.0 Å². The molecule has 0 amide bonds. The van der Waals surface area contributed by atoms with Gasteiger partial charge in [-0.15, -0.1) is 11.3 Å². The average molecular weight is 293 g/mol. The van der Waals surface area contributed by atoms with Crippen LogP contribution in [0.25, 0.3) is 0 Å². The number of carbonyl (C=O) groups is 1. The van der Waals surface area contributed by atoms with Crippen LogP contribution in [0.15, 0.2) is 29.6 Å². The molecule has 1 fully saturated rings. The molecule has 1 aliphatic rings. The zero-order valence-electron chi connectivity index (χ0n) is 10.5. The summed E-state index contributed by atoms with van der Waals surface area (Å²) in [6.07, 6.45) is 2.63. The Balaban J connectivity index is 1.81. The summed E-state index contributed by atoms with van der Waals surface area (Å²) in [6.45, 7) is 1.90. The average Bonchev–Trinajstić information content (AvgIpc) is 3.17. The Kier molecular flexibility index (Phi) is 3.33. The van der Waals surface area contributed by atoms with Crippen molar-refractivity contribution in [3.63, 3.8) is 0 Å². The van der Waals surface area contributed by atoms with Crippen LogP contribution in [0.4, 0.5) is 0 Å². The summed E-state index contributed by atoms with van der Waals surface area (Å²) in [5.41, 5.74) is 1.59. The zero-order chi connectivity index (χ0) is 13.4. The van der Waals surface area contributed by atoms with Crippen LogP contribution in [0.5, 0.6) is 5.75 Å². The maximum atomic E-state index is 12.3. The topological polar surface area (TPSA) is 26.3 Å². The molecule has 1 saturated carbocycles. The predicted molar refractivity (Wildman–Crippen MR) is 77.6 cm³/mol. The van der Waals surface area contributed by atoms with Gasteiger partial charge in [-0.1, -0.05) is 11.6 Å². The first kappa shape index (κ1) is 12.7. The maximum Gasteiger partial charge on any atom is 0.204 e. The van der Waals surface area contributed by atoms with E-state index in [4.69, 9.17) is 16.3 Å². The van der Waals surface area contributed by atoms with Crippen molar-refractivity contribution >= 4 is 28.7 Å². The fourth-order valence-corrected chi connectivity index (χ4v) is 3.02. The van der Waals surface area contributed by atoms with Crippen molar-refractivity contribution in [1.29, 1.82) is 0 Å². The van der Waals surface area contributed by atoms with Crippen LogP contribution >= 0.6 is 22.9 Å². The SMILES string of the molecule is Cc1csc(C(=O)c2ccc(OC3CC3)cc2)c1Cl. The van der Waals surface area contributed by atoms with E-state index in [-0.39, 0.29) is 5.78 Å². The Morgan fingerprint density at radius 3 is 2.53 bits per heavy atom. The smallest absolute Gasteiger partial charge is 0.204 e. The van der Waals surface area contributed by atoms with Gasteiger partial charge in [-0.3, -0.25) is 4.79 Å². The molecule has 0 bridgehead atoms. The van der Waals surface area contributed by atoms with E-state index in [1.54, 1.807) is 12.1 Å². The molecule has 1 heterocycles. The number of ketones is 1. The largest absolute Gasteiger partial charge is 0.490 e. The molecular weight excluding hydrogens is 280 g/mol. The van der Waals surface area contributed by atoms with Crippen LogP contribution in [-0.4, -0.2) is 11.9 Å². The van der Waals surface area contributed by atoms with Crippen LogP contribution in [-0.2, 0) is 0 Å². The Bertz CT molecular complexity index is 612. The summed E-state index contributed by atoms with van der Waals surface area (Å²) in [7, 11) is 0. The molecule has 0 radical (unpaired) electrons. The van der Waals surface area contributed by atoms with Crippen LogP contribution in [0.3, 0.4) is 0 Å². The summed E-state index contributed by atoms with van der Waals surface area (Å²) in [4.78, 5) is 12.9. The third kappa shape index (κ3) is 2.67. The fourth-order valence-electron chi connectivity index (χ4n) is 1.78. The van der Waals surface area contributed by atoms with Crippen molar-refractivity contribution < 1.29 is 9.53 Å². The van der Waals surface area contributed by atoms with E-state index < -0.39 is 0 Å². The minimum atomic E-state index is -0.0268. The number of benzene rings is 1. The van der Waals surface area contributed by atoms with E-state index in [0.29, 0.717) is 21.6 Å². The molecule has 3 rings (SSSR count). The molecule has 0 aliphatic heterocycles. The summed E-state index contributed by atoms with van der Waals surface area (Å²) in [5.74, 6) is 0.800. The van der Waals surface area contributed by atoms with Crippen molar-refractivity contribution in [3.8, 4) is 5.75 Å². The first-order chi connectivity index (χ1) is 9.15. The number of hydrogen-bond acceptors (Lipinski definition) is 3. The lowest BCUT2D eigenvalue weighted by molar-refractivity contribution is 0.104. The van der Waals surface area contributed by atoms with Gasteiger partial charge in [0, 0.05) is 5.56 Å². The van der Waals surface area contributed by atoms with E-state index >= 15 is 0 Å². The van der Waals surface area contributed by atoms with Gasteiger partial charge >= 0.3 is 0 Å². The van der Waals surface area contributed by atoms with Gasteiger partial charge < -0.3 is 4.74 Å². The van der Waals surface area contributed by atoms with E-state index in [1.807, 2.05) is 24.4 Å². The number of hydrogen-bond donors (Lipinski definition) is 0. The highest BCUT2D eigenvalue weighted by atomic mass is 35.5. The molecule has 1 aliphatic carbocycles. The van der Waals surface area contributed by atoms with Gasteiger partial charge in [-0.2, -0.15) is 0 Å². The van der Waals surface area contributed by atoms with E-state index in [2.05, 4.69) is 0 Å². The number of aryl methyl sites for hydroxylation is 1. The Morgan fingerprint density at radius 2 is 2.00 bits per heavy atom. The summed E-state index contributed by atoms with van der Waals surface area (Å²) < 4.78 is 5.66. The van der Waals surface area contributed by atoms with E-state index in [9.17, 15) is 4.79 Å². The second kappa shape index (κ2) is 4.99. The van der Waals surface area contributed by atoms with Gasteiger partial charge in [0.15, 0.2) is 0 Å². The molecule has 98 valence electrons. The van der Waals surface area contributed by atoms with Crippen LogP contribution < -0.4 is 4.74 Å². The predicted octanol–water partition coefficient (Wildman–Crippen LogP) is 4.48. The molecule has 0 atom stereocenters. The lowest BCUT2D eigenvalue weighted by Crippen LogP contribution is -2.00. The molecule has 1 aromatic carbocycles. The van der Waals surface area contributed by atoms with Crippen molar-refractivity contribution in [2.24, 2.45) is 0 Å². The zero-order valence-corrected chi connectivity index (χ0v) is 12.1. The maximum absolute atomic E-state index is 12.3. The number of carbonyl (C=O) groups excluding carboxylic acids is 1. The first-order valence-corrected chi connectivity index (χ1v) is 7.46. The minimum absolute atomic E-state index is 0.0268. The monoisotopic (exact) mass is 292 g/mol. The third-order valence-electron chi connectivity index (χ3n) is 3.05. The Morgan fingerprint density at radius 1 is 1.32 bits per heavy atom. The van der Waals surface area contributed by atoms with Crippen LogP contribution in [0, 0.1) is 6.92 Å². The summed E-state index contributed by atoms with van der Waals surface area (Å²) >= 11 is 7.52. The van der Waals surface area contributed by atoms with Crippen molar-refractivity contribution in [1.82, 2.24) is 0 Å². The van der Waals surface area contributed by atoms with Gasteiger partial charge in [-0.05, 0) is 55.0 Å². The van der Waals surface area contributed by atoms with Gasteiger partial charge in [0.25, 0.3) is 0 Å². The third-order valence-corrected chi connectivity index (χ3v) is 4.74. The second-order valence-corrected chi connectivity index (χ2v) is 5.99. The first-order valence-electron chi connectivity index (χ1n) is 6.20.